The van der Waals surface area contributed by atoms with Crippen LogP contribution in [0.2, 0.25) is 0 Å². The van der Waals surface area contributed by atoms with Crippen molar-refractivity contribution in [2.75, 3.05) is 24.6 Å². The highest BCUT2D eigenvalue weighted by Crippen LogP contribution is 2.24. The zero-order valence-corrected chi connectivity index (χ0v) is 11.5. The molecule has 8 heteroatoms. The highest BCUT2D eigenvalue weighted by molar-refractivity contribution is 7.18. The maximum atomic E-state index is 11.8. The molecule has 1 aliphatic rings. The summed E-state index contributed by atoms with van der Waals surface area (Å²) in [6.07, 6.45) is 2.39. The average molecular weight is 283 g/mol. The van der Waals surface area contributed by atoms with Crippen molar-refractivity contribution in [1.29, 1.82) is 0 Å². The lowest BCUT2D eigenvalue weighted by molar-refractivity contribution is -0.121. The molecule has 0 atom stereocenters. The normalized spacial score (nSPS) is 13.9. The Labute approximate surface area is 115 Å². The van der Waals surface area contributed by atoms with Crippen LogP contribution in [0.25, 0.3) is 0 Å². The molecule has 0 radical (unpaired) electrons. The SMILES string of the molecule is CNc1nc(N)c(C(=O)NCCC(=O)NC2CC2)s1. The van der Waals surface area contributed by atoms with Gasteiger partial charge in [-0.05, 0) is 12.8 Å². The van der Waals surface area contributed by atoms with Crippen molar-refractivity contribution in [3.8, 4) is 0 Å². The molecule has 0 saturated heterocycles. The number of nitrogens with one attached hydrogen (secondary N) is 3. The van der Waals surface area contributed by atoms with Crippen LogP contribution in [0.4, 0.5) is 10.9 Å². The second kappa shape index (κ2) is 5.87. The predicted molar refractivity (Wildman–Crippen MR) is 74.2 cm³/mol. The summed E-state index contributed by atoms with van der Waals surface area (Å²) in [6, 6.07) is 0.346. The molecular weight excluding hydrogens is 266 g/mol. The Morgan fingerprint density at radius 2 is 2.21 bits per heavy atom. The van der Waals surface area contributed by atoms with Gasteiger partial charge in [-0.1, -0.05) is 11.3 Å². The van der Waals surface area contributed by atoms with Gasteiger partial charge in [0, 0.05) is 26.1 Å². The van der Waals surface area contributed by atoms with Gasteiger partial charge in [-0.2, -0.15) is 0 Å². The third-order valence-corrected chi connectivity index (χ3v) is 3.74. The molecule has 1 aromatic heterocycles. The van der Waals surface area contributed by atoms with Gasteiger partial charge in [0.15, 0.2) is 5.13 Å². The Bertz CT molecular complexity index is 483. The highest BCUT2D eigenvalue weighted by Gasteiger charge is 2.23. The number of nitrogens with two attached hydrogens (primary N) is 1. The molecule has 1 aromatic rings. The molecule has 1 fully saturated rings. The summed E-state index contributed by atoms with van der Waals surface area (Å²) in [5.41, 5.74) is 5.64. The van der Waals surface area contributed by atoms with Gasteiger partial charge in [0.2, 0.25) is 5.91 Å². The topological polar surface area (TPSA) is 109 Å². The number of carbonyl (C=O) groups is 2. The maximum Gasteiger partial charge on any atom is 0.265 e. The fourth-order valence-electron chi connectivity index (χ4n) is 1.50. The molecule has 2 rings (SSSR count). The van der Waals surface area contributed by atoms with Crippen molar-refractivity contribution < 1.29 is 9.59 Å². The summed E-state index contributed by atoms with van der Waals surface area (Å²) in [5, 5.41) is 8.94. The molecule has 0 bridgehead atoms. The van der Waals surface area contributed by atoms with Crippen molar-refractivity contribution in [2.24, 2.45) is 0 Å². The summed E-state index contributed by atoms with van der Waals surface area (Å²) >= 11 is 1.19. The standard InChI is InChI=1S/C11H17N5O2S/c1-13-11-16-9(12)8(19-11)10(18)14-5-4-7(17)15-6-2-3-6/h6H,2-5,12H2,1H3,(H,13,16)(H,14,18)(H,15,17). The Balaban J connectivity index is 1.76. The fourth-order valence-corrected chi connectivity index (χ4v) is 2.25. The zero-order valence-electron chi connectivity index (χ0n) is 10.7. The average Bonchev–Trinajstić information content (AvgIpc) is 3.09. The lowest BCUT2D eigenvalue weighted by Crippen LogP contribution is -2.31. The summed E-state index contributed by atoms with van der Waals surface area (Å²) < 4.78 is 0. The van der Waals surface area contributed by atoms with Crippen LogP contribution < -0.4 is 21.7 Å². The monoisotopic (exact) mass is 283 g/mol. The molecule has 7 nitrogen and oxygen atoms in total. The van der Waals surface area contributed by atoms with Crippen LogP contribution in [0, 0.1) is 0 Å². The molecule has 1 aliphatic carbocycles. The van der Waals surface area contributed by atoms with Crippen molar-refractivity contribution in [3.63, 3.8) is 0 Å². The predicted octanol–water partition coefficient (Wildman–Crippen LogP) is 0.166. The van der Waals surface area contributed by atoms with Crippen molar-refractivity contribution >= 4 is 34.1 Å². The van der Waals surface area contributed by atoms with Crippen LogP contribution >= 0.6 is 11.3 Å². The number of amides is 2. The second-order valence-electron chi connectivity index (χ2n) is 4.33. The number of hydrogen-bond acceptors (Lipinski definition) is 6. The number of hydrogen-bond donors (Lipinski definition) is 4. The molecular formula is C11H17N5O2S. The van der Waals surface area contributed by atoms with Crippen molar-refractivity contribution in [1.82, 2.24) is 15.6 Å². The van der Waals surface area contributed by atoms with Crippen molar-refractivity contribution in [2.45, 2.75) is 25.3 Å². The molecule has 0 unspecified atom stereocenters. The van der Waals surface area contributed by atoms with Gasteiger partial charge < -0.3 is 21.7 Å². The first-order chi connectivity index (χ1) is 9.10. The molecule has 104 valence electrons. The van der Waals surface area contributed by atoms with Crippen LogP contribution in [0.15, 0.2) is 0 Å². The molecule has 0 aromatic carbocycles. The van der Waals surface area contributed by atoms with Gasteiger partial charge in [0.05, 0.1) is 0 Å². The van der Waals surface area contributed by atoms with E-state index in [-0.39, 0.29) is 24.1 Å². The minimum absolute atomic E-state index is 0.0315. The Morgan fingerprint density at radius 3 is 2.79 bits per heavy atom. The molecule has 1 heterocycles. The third kappa shape index (κ3) is 3.82. The van der Waals surface area contributed by atoms with Crippen molar-refractivity contribution in [3.05, 3.63) is 4.88 Å². The van der Waals surface area contributed by atoms with Gasteiger partial charge in [0.25, 0.3) is 5.91 Å². The minimum atomic E-state index is -0.296. The van der Waals surface area contributed by atoms with E-state index in [1.165, 1.54) is 11.3 Å². The van der Waals surface area contributed by atoms with Crippen LogP contribution in [-0.2, 0) is 4.79 Å². The number of nitrogen functional groups attached to an aromatic ring is 1. The van der Waals surface area contributed by atoms with Crippen LogP contribution in [-0.4, -0.2) is 36.4 Å². The molecule has 0 spiro atoms. The lowest BCUT2D eigenvalue weighted by atomic mass is 10.3. The van der Waals surface area contributed by atoms with Gasteiger partial charge in [-0.25, -0.2) is 4.98 Å². The number of anilines is 2. The van der Waals surface area contributed by atoms with Gasteiger partial charge in [-0.15, -0.1) is 0 Å². The van der Waals surface area contributed by atoms with E-state index in [1.807, 2.05) is 0 Å². The largest absolute Gasteiger partial charge is 0.382 e. The van der Waals surface area contributed by atoms with E-state index in [1.54, 1.807) is 7.05 Å². The fraction of sp³-hybridized carbons (Fsp3) is 0.545. The summed E-state index contributed by atoms with van der Waals surface area (Å²) in [7, 11) is 1.71. The smallest absolute Gasteiger partial charge is 0.265 e. The first-order valence-corrected chi connectivity index (χ1v) is 6.93. The Morgan fingerprint density at radius 1 is 1.47 bits per heavy atom. The van der Waals surface area contributed by atoms with E-state index in [0.717, 1.165) is 12.8 Å². The number of rotatable bonds is 6. The number of thiazole rings is 1. The quantitative estimate of drug-likeness (QED) is 0.595. The summed E-state index contributed by atoms with van der Waals surface area (Å²) in [5.74, 6) is -0.124. The maximum absolute atomic E-state index is 11.8. The number of aromatic nitrogens is 1. The third-order valence-electron chi connectivity index (χ3n) is 2.65. The van der Waals surface area contributed by atoms with E-state index < -0.39 is 0 Å². The van der Waals surface area contributed by atoms with E-state index in [9.17, 15) is 9.59 Å². The molecule has 5 N–H and O–H groups in total. The summed E-state index contributed by atoms with van der Waals surface area (Å²) in [6.45, 7) is 0.295. The Kier molecular flexibility index (Phi) is 4.20. The van der Waals surface area contributed by atoms with E-state index in [4.69, 9.17) is 5.73 Å². The molecule has 1 saturated carbocycles. The van der Waals surface area contributed by atoms with E-state index in [2.05, 4.69) is 20.9 Å². The zero-order chi connectivity index (χ0) is 13.8. The molecule has 0 aliphatic heterocycles. The van der Waals surface area contributed by atoms with E-state index >= 15 is 0 Å². The minimum Gasteiger partial charge on any atom is -0.382 e. The molecule has 2 amide bonds. The number of carbonyl (C=O) groups excluding carboxylic acids is 2. The Hall–Kier alpha value is -1.83. The highest BCUT2D eigenvalue weighted by atomic mass is 32.1. The first-order valence-electron chi connectivity index (χ1n) is 6.11. The van der Waals surface area contributed by atoms with Crippen LogP contribution in [0.3, 0.4) is 0 Å². The van der Waals surface area contributed by atoms with Gasteiger partial charge >= 0.3 is 0 Å². The first kappa shape index (κ1) is 13.6. The second-order valence-corrected chi connectivity index (χ2v) is 5.33. The van der Waals surface area contributed by atoms with Crippen LogP contribution in [0.1, 0.15) is 28.9 Å². The summed E-state index contributed by atoms with van der Waals surface area (Å²) in [4.78, 5) is 27.6. The van der Waals surface area contributed by atoms with Crippen LogP contribution in [0.5, 0.6) is 0 Å². The van der Waals surface area contributed by atoms with Gasteiger partial charge in [0.1, 0.15) is 10.7 Å². The lowest BCUT2D eigenvalue weighted by Gasteiger charge is -2.04. The molecule has 19 heavy (non-hydrogen) atoms. The number of nitrogens with zero attached hydrogens (tertiary/aromatic N) is 1. The van der Waals surface area contributed by atoms with Gasteiger partial charge in [-0.3, -0.25) is 9.59 Å². The van der Waals surface area contributed by atoms with E-state index in [0.29, 0.717) is 22.6 Å².